The number of nitrogens with one attached hydrogen (secondary N) is 1. The Morgan fingerprint density at radius 1 is 1.05 bits per heavy atom. The minimum Gasteiger partial charge on any atom is -0.317 e. The molecule has 3 unspecified atom stereocenters. The first-order valence-corrected chi connectivity index (χ1v) is 8.90. The summed E-state index contributed by atoms with van der Waals surface area (Å²) in [5.41, 5.74) is 4.40. The molecule has 1 aliphatic carbocycles. The van der Waals surface area contributed by atoms with Crippen LogP contribution in [0.3, 0.4) is 0 Å². The summed E-state index contributed by atoms with van der Waals surface area (Å²) in [5.74, 6) is 2.69. The summed E-state index contributed by atoms with van der Waals surface area (Å²) in [4.78, 5) is 0. The molecule has 1 saturated carbocycles. The lowest BCUT2D eigenvalue weighted by atomic mass is 9.71. The van der Waals surface area contributed by atoms with Crippen LogP contribution in [0.15, 0.2) is 18.2 Å². The largest absolute Gasteiger partial charge is 0.317 e. The summed E-state index contributed by atoms with van der Waals surface area (Å²) in [6.45, 7) is 11.3. The molecule has 1 aromatic rings. The van der Waals surface area contributed by atoms with Gasteiger partial charge in [0.15, 0.2) is 0 Å². The molecule has 3 atom stereocenters. The Morgan fingerprint density at radius 2 is 1.86 bits per heavy atom. The number of hydrogen-bond acceptors (Lipinski definition) is 1. The molecule has 0 heterocycles. The summed E-state index contributed by atoms with van der Waals surface area (Å²) < 4.78 is 0. The minimum atomic E-state index is 0.866. The molecular weight excluding hydrogens is 254 g/mol. The molecule has 0 aliphatic heterocycles. The zero-order valence-corrected chi connectivity index (χ0v) is 14.4. The van der Waals surface area contributed by atoms with Crippen molar-refractivity contribution in [2.24, 2.45) is 17.8 Å². The predicted octanol–water partition coefficient (Wildman–Crippen LogP) is 4.90. The first-order valence-electron chi connectivity index (χ1n) is 8.90. The maximum Gasteiger partial charge on any atom is -0.00179 e. The highest BCUT2D eigenvalue weighted by molar-refractivity contribution is 5.30. The summed E-state index contributed by atoms with van der Waals surface area (Å²) in [5, 5.41) is 3.59. The van der Waals surface area contributed by atoms with E-state index in [-0.39, 0.29) is 0 Å². The Hall–Kier alpha value is -0.820. The molecule has 1 aliphatic rings. The van der Waals surface area contributed by atoms with Crippen LogP contribution in [0.2, 0.25) is 0 Å². The van der Waals surface area contributed by atoms with Crippen molar-refractivity contribution in [2.45, 2.75) is 59.8 Å². The molecule has 1 N–H and O–H groups in total. The van der Waals surface area contributed by atoms with E-state index in [4.69, 9.17) is 0 Å². The number of rotatable bonds is 6. The molecule has 2 rings (SSSR count). The molecule has 1 nitrogen and oxygen atoms in total. The highest BCUT2D eigenvalue weighted by Crippen LogP contribution is 2.37. The van der Waals surface area contributed by atoms with Gasteiger partial charge in [-0.05, 0) is 80.6 Å². The van der Waals surface area contributed by atoms with Crippen LogP contribution in [-0.2, 0) is 6.42 Å². The van der Waals surface area contributed by atoms with E-state index in [2.05, 4.69) is 51.2 Å². The quantitative estimate of drug-likeness (QED) is 0.785. The van der Waals surface area contributed by atoms with E-state index in [0.29, 0.717) is 0 Å². The van der Waals surface area contributed by atoms with Gasteiger partial charge in [-0.15, -0.1) is 0 Å². The highest BCUT2D eigenvalue weighted by atomic mass is 14.8. The summed E-state index contributed by atoms with van der Waals surface area (Å²) in [6, 6.07) is 7.06. The van der Waals surface area contributed by atoms with Gasteiger partial charge in [-0.25, -0.2) is 0 Å². The molecule has 1 aromatic carbocycles. The summed E-state index contributed by atoms with van der Waals surface area (Å²) in [6.07, 6.45) is 6.92. The van der Waals surface area contributed by atoms with Crippen molar-refractivity contribution in [1.29, 1.82) is 0 Å². The van der Waals surface area contributed by atoms with Gasteiger partial charge in [0, 0.05) is 0 Å². The van der Waals surface area contributed by atoms with Gasteiger partial charge in [0.25, 0.3) is 0 Å². The number of benzene rings is 1. The standard InChI is InChI=1S/C20H33N/c1-5-17-9-10-19(14-21-6-2)20(12-17)13-18-8-7-15(3)16(4)11-18/h7-8,11,17,19-21H,5-6,9-10,12-14H2,1-4H3. The Morgan fingerprint density at radius 3 is 2.52 bits per heavy atom. The lowest BCUT2D eigenvalue weighted by Crippen LogP contribution is -2.34. The fourth-order valence-electron chi connectivity index (χ4n) is 3.88. The van der Waals surface area contributed by atoms with Gasteiger partial charge >= 0.3 is 0 Å². The second-order valence-electron chi connectivity index (χ2n) is 7.04. The van der Waals surface area contributed by atoms with Gasteiger partial charge in [0.1, 0.15) is 0 Å². The van der Waals surface area contributed by atoms with Gasteiger partial charge in [-0.3, -0.25) is 0 Å². The van der Waals surface area contributed by atoms with Crippen molar-refractivity contribution in [3.05, 3.63) is 34.9 Å². The zero-order chi connectivity index (χ0) is 15.2. The fourth-order valence-corrected chi connectivity index (χ4v) is 3.88. The molecule has 0 bridgehead atoms. The van der Waals surface area contributed by atoms with Gasteiger partial charge in [-0.1, -0.05) is 44.9 Å². The van der Waals surface area contributed by atoms with Crippen LogP contribution in [0.5, 0.6) is 0 Å². The molecule has 0 aromatic heterocycles. The van der Waals surface area contributed by atoms with E-state index < -0.39 is 0 Å². The Labute approximate surface area is 131 Å². The third-order valence-electron chi connectivity index (χ3n) is 5.55. The highest BCUT2D eigenvalue weighted by Gasteiger charge is 2.29. The molecule has 21 heavy (non-hydrogen) atoms. The second kappa shape index (κ2) is 7.98. The van der Waals surface area contributed by atoms with Crippen molar-refractivity contribution < 1.29 is 0 Å². The van der Waals surface area contributed by atoms with E-state index in [1.54, 1.807) is 5.56 Å². The van der Waals surface area contributed by atoms with Crippen molar-refractivity contribution >= 4 is 0 Å². The van der Waals surface area contributed by atoms with Crippen molar-refractivity contribution in [3.8, 4) is 0 Å². The zero-order valence-electron chi connectivity index (χ0n) is 14.4. The van der Waals surface area contributed by atoms with Crippen LogP contribution < -0.4 is 5.32 Å². The van der Waals surface area contributed by atoms with Gasteiger partial charge in [0.2, 0.25) is 0 Å². The maximum absolute atomic E-state index is 3.59. The van der Waals surface area contributed by atoms with Crippen LogP contribution >= 0.6 is 0 Å². The Kier molecular flexibility index (Phi) is 6.29. The van der Waals surface area contributed by atoms with Crippen LogP contribution in [0, 0.1) is 31.6 Å². The average molecular weight is 287 g/mol. The minimum absolute atomic E-state index is 0.866. The molecule has 118 valence electrons. The lowest BCUT2D eigenvalue weighted by Gasteiger charge is -2.36. The molecule has 0 amide bonds. The monoisotopic (exact) mass is 287 g/mol. The van der Waals surface area contributed by atoms with E-state index in [0.717, 1.165) is 24.3 Å². The van der Waals surface area contributed by atoms with Crippen LogP contribution in [0.25, 0.3) is 0 Å². The molecule has 1 fully saturated rings. The summed E-state index contributed by atoms with van der Waals surface area (Å²) in [7, 11) is 0. The topological polar surface area (TPSA) is 12.0 Å². The summed E-state index contributed by atoms with van der Waals surface area (Å²) >= 11 is 0. The number of hydrogen-bond donors (Lipinski definition) is 1. The maximum atomic E-state index is 3.59. The Bertz CT molecular complexity index is 437. The van der Waals surface area contributed by atoms with Gasteiger partial charge < -0.3 is 5.32 Å². The third-order valence-corrected chi connectivity index (χ3v) is 5.55. The van der Waals surface area contributed by atoms with Gasteiger partial charge in [-0.2, -0.15) is 0 Å². The number of aryl methyl sites for hydroxylation is 2. The smallest absolute Gasteiger partial charge is 0.00179 e. The van der Waals surface area contributed by atoms with Crippen LogP contribution in [0.4, 0.5) is 0 Å². The first kappa shape index (κ1) is 16.5. The van der Waals surface area contributed by atoms with E-state index in [9.17, 15) is 0 Å². The van der Waals surface area contributed by atoms with Crippen LogP contribution in [0.1, 0.15) is 56.2 Å². The molecule has 0 radical (unpaired) electrons. The molecule has 0 saturated heterocycles. The average Bonchev–Trinajstić information content (AvgIpc) is 2.49. The van der Waals surface area contributed by atoms with Crippen molar-refractivity contribution in [1.82, 2.24) is 5.32 Å². The first-order chi connectivity index (χ1) is 10.1. The van der Waals surface area contributed by atoms with E-state index >= 15 is 0 Å². The van der Waals surface area contributed by atoms with E-state index in [1.165, 1.54) is 49.8 Å². The van der Waals surface area contributed by atoms with Crippen LogP contribution in [-0.4, -0.2) is 13.1 Å². The van der Waals surface area contributed by atoms with Crippen molar-refractivity contribution in [3.63, 3.8) is 0 Å². The van der Waals surface area contributed by atoms with E-state index in [1.807, 2.05) is 0 Å². The third kappa shape index (κ3) is 4.57. The molecule has 1 heteroatoms. The second-order valence-corrected chi connectivity index (χ2v) is 7.04. The molecular formula is C20H33N. The fraction of sp³-hybridized carbons (Fsp3) is 0.700. The van der Waals surface area contributed by atoms with Gasteiger partial charge in [0.05, 0.1) is 0 Å². The lowest BCUT2D eigenvalue weighted by molar-refractivity contribution is 0.172. The van der Waals surface area contributed by atoms with Crippen molar-refractivity contribution in [2.75, 3.05) is 13.1 Å². The predicted molar refractivity (Wildman–Crippen MR) is 92.8 cm³/mol. The molecule has 0 spiro atoms. The SMILES string of the molecule is CCNCC1CCC(CC)CC1Cc1ccc(C)c(C)c1. The Balaban J connectivity index is 2.05. The normalized spacial score (nSPS) is 26.0.